The maximum atomic E-state index is 11.3. The van der Waals surface area contributed by atoms with E-state index in [9.17, 15) is 4.79 Å². The summed E-state index contributed by atoms with van der Waals surface area (Å²) < 4.78 is 5.10. The van der Waals surface area contributed by atoms with E-state index in [0.29, 0.717) is 6.54 Å². The van der Waals surface area contributed by atoms with E-state index in [1.54, 1.807) is 0 Å². The monoisotopic (exact) mass is 240 g/mol. The van der Waals surface area contributed by atoms with Gasteiger partial charge < -0.3 is 15.4 Å². The normalized spacial score (nSPS) is 10.7. The number of carbonyl (C=O) groups excluding carboxylic acids is 1. The predicted octanol–water partition coefficient (Wildman–Crippen LogP) is 1.90. The number of unbranched alkanes of at least 4 members (excludes halogenated alkanes) is 1. The number of carbonyl (C=O) groups is 1. The van der Waals surface area contributed by atoms with Crippen molar-refractivity contribution in [2.24, 2.45) is 0 Å². The lowest BCUT2D eigenvalue weighted by atomic mass is 10.2. The molecule has 0 fully saturated rings. The predicted molar refractivity (Wildman–Crippen MR) is 69.8 cm³/mol. The van der Waals surface area contributed by atoms with Crippen molar-refractivity contribution in [2.75, 3.05) is 19.6 Å². The third-order valence-corrected chi connectivity index (χ3v) is 1.87. The molecule has 0 atom stereocenters. The fraction of sp³-hybridized carbons (Fsp3) is 0.769. The summed E-state index contributed by atoms with van der Waals surface area (Å²) in [6.45, 7) is 7.97. The zero-order valence-electron chi connectivity index (χ0n) is 11.1. The Morgan fingerprint density at radius 1 is 1.24 bits per heavy atom. The Bertz CT molecular complexity index is 251. The van der Waals surface area contributed by atoms with Crippen molar-refractivity contribution in [3.8, 4) is 12.3 Å². The molecule has 98 valence electrons. The van der Waals surface area contributed by atoms with Gasteiger partial charge in [0.05, 0.1) is 0 Å². The molecule has 0 aromatic heterocycles. The summed E-state index contributed by atoms with van der Waals surface area (Å²) in [6.07, 6.45) is 7.47. The molecule has 0 aliphatic carbocycles. The van der Waals surface area contributed by atoms with E-state index in [4.69, 9.17) is 11.2 Å². The van der Waals surface area contributed by atoms with Crippen LogP contribution in [0.1, 0.15) is 40.0 Å². The first-order valence-electron chi connectivity index (χ1n) is 6.07. The van der Waals surface area contributed by atoms with E-state index in [-0.39, 0.29) is 6.09 Å². The summed E-state index contributed by atoms with van der Waals surface area (Å²) in [5.41, 5.74) is -0.433. The van der Waals surface area contributed by atoms with Crippen LogP contribution >= 0.6 is 0 Å². The molecule has 0 aromatic carbocycles. The zero-order chi connectivity index (χ0) is 13.1. The highest BCUT2D eigenvalue weighted by Crippen LogP contribution is 2.06. The topological polar surface area (TPSA) is 50.4 Å². The van der Waals surface area contributed by atoms with Gasteiger partial charge in [0.15, 0.2) is 0 Å². The Morgan fingerprint density at radius 3 is 2.47 bits per heavy atom. The number of rotatable bonds is 7. The summed E-state index contributed by atoms with van der Waals surface area (Å²) in [5, 5.41) is 5.96. The van der Waals surface area contributed by atoms with Crippen molar-refractivity contribution >= 4 is 6.09 Å². The van der Waals surface area contributed by atoms with Crippen LogP contribution in [0.2, 0.25) is 0 Å². The third kappa shape index (κ3) is 12.7. The van der Waals surface area contributed by atoms with Gasteiger partial charge in [0.2, 0.25) is 0 Å². The Balaban J connectivity index is 3.29. The van der Waals surface area contributed by atoms with Gasteiger partial charge in [-0.05, 0) is 46.7 Å². The Hall–Kier alpha value is -1.21. The largest absolute Gasteiger partial charge is 0.444 e. The number of alkyl carbamates (subject to hydrolysis) is 1. The lowest BCUT2D eigenvalue weighted by molar-refractivity contribution is 0.0527. The lowest BCUT2D eigenvalue weighted by Crippen LogP contribution is -2.34. The zero-order valence-corrected chi connectivity index (χ0v) is 11.1. The number of terminal acetylenes is 1. The van der Waals surface area contributed by atoms with Crippen LogP contribution < -0.4 is 10.6 Å². The fourth-order valence-corrected chi connectivity index (χ4v) is 1.16. The van der Waals surface area contributed by atoms with Crippen LogP contribution in [0.25, 0.3) is 0 Å². The minimum absolute atomic E-state index is 0.357. The summed E-state index contributed by atoms with van der Waals surface area (Å²) in [7, 11) is 0. The molecule has 2 N–H and O–H groups in total. The average Bonchev–Trinajstić information content (AvgIpc) is 2.19. The van der Waals surface area contributed by atoms with Gasteiger partial charge in [-0.2, -0.15) is 0 Å². The molecule has 4 heteroatoms. The van der Waals surface area contributed by atoms with E-state index in [1.807, 2.05) is 20.8 Å². The number of nitrogens with one attached hydrogen (secondary N) is 2. The quantitative estimate of drug-likeness (QED) is 0.528. The van der Waals surface area contributed by atoms with Crippen molar-refractivity contribution in [1.29, 1.82) is 0 Å². The average molecular weight is 240 g/mol. The first-order chi connectivity index (χ1) is 7.95. The van der Waals surface area contributed by atoms with Crippen LogP contribution in [0.3, 0.4) is 0 Å². The van der Waals surface area contributed by atoms with E-state index in [0.717, 1.165) is 32.4 Å². The van der Waals surface area contributed by atoms with Crippen molar-refractivity contribution < 1.29 is 9.53 Å². The second-order valence-electron chi connectivity index (χ2n) is 4.84. The molecule has 0 spiro atoms. The van der Waals surface area contributed by atoms with E-state index >= 15 is 0 Å². The second-order valence-corrected chi connectivity index (χ2v) is 4.84. The maximum Gasteiger partial charge on any atom is 0.407 e. The molecule has 0 saturated carbocycles. The van der Waals surface area contributed by atoms with Crippen molar-refractivity contribution in [3.05, 3.63) is 0 Å². The number of amides is 1. The van der Waals surface area contributed by atoms with Crippen molar-refractivity contribution in [3.63, 3.8) is 0 Å². The van der Waals surface area contributed by atoms with Gasteiger partial charge in [-0.3, -0.25) is 0 Å². The molecule has 1 amide bonds. The molecular formula is C13H24N2O2. The molecule has 0 saturated heterocycles. The minimum Gasteiger partial charge on any atom is -0.444 e. The van der Waals surface area contributed by atoms with Gasteiger partial charge in [0, 0.05) is 13.0 Å². The van der Waals surface area contributed by atoms with Crippen molar-refractivity contribution in [1.82, 2.24) is 10.6 Å². The molecule has 0 unspecified atom stereocenters. The smallest absolute Gasteiger partial charge is 0.407 e. The van der Waals surface area contributed by atoms with Crippen LogP contribution in [0, 0.1) is 12.3 Å². The standard InChI is InChI=1S/C13H24N2O2/c1-5-6-7-9-14-10-8-11-15-12(16)17-13(2,3)4/h1,14H,6-11H2,2-4H3,(H,15,16). The van der Waals surface area contributed by atoms with Crippen LogP contribution in [0.15, 0.2) is 0 Å². The molecule has 0 rings (SSSR count). The van der Waals surface area contributed by atoms with E-state index in [1.165, 1.54) is 0 Å². The van der Waals surface area contributed by atoms with Crippen LogP contribution in [0.5, 0.6) is 0 Å². The van der Waals surface area contributed by atoms with Gasteiger partial charge in [0.1, 0.15) is 5.60 Å². The van der Waals surface area contributed by atoms with Crippen LogP contribution in [-0.4, -0.2) is 31.3 Å². The summed E-state index contributed by atoms with van der Waals surface area (Å²) in [6, 6.07) is 0. The second kappa shape index (κ2) is 8.89. The maximum absolute atomic E-state index is 11.3. The summed E-state index contributed by atoms with van der Waals surface area (Å²) in [4.78, 5) is 11.3. The molecule has 0 heterocycles. The van der Waals surface area contributed by atoms with Gasteiger partial charge in [0.25, 0.3) is 0 Å². The van der Waals surface area contributed by atoms with Crippen molar-refractivity contribution in [2.45, 2.75) is 45.6 Å². The summed E-state index contributed by atoms with van der Waals surface area (Å²) >= 11 is 0. The molecule has 0 aromatic rings. The highest BCUT2D eigenvalue weighted by Gasteiger charge is 2.15. The van der Waals surface area contributed by atoms with Gasteiger partial charge in [-0.15, -0.1) is 12.3 Å². The van der Waals surface area contributed by atoms with Crippen LogP contribution in [-0.2, 0) is 4.74 Å². The van der Waals surface area contributed by atoms with E-state index < -0.39 is 5.60 Å². The molecular weight excluding hydrogens is 216 g/mol. The van der Waals surface area contributed by atoms with Gasteiger partial charge in [-0.1, -0.05) is 0 Å². The first-order valence-corrected chi connectivity index (χ1v) is 6.07. The Morgan fingerprint density at radius 2 is 1.88 bits per heavy atom. The summed E-state index contributed by atoms with van der Waals surface area (Å²) in [5.74, 6) is 2.59. The fourth-order valence-electron chi connectivity index (χ4n) is 1.16. The third-order valence-electron chi connectivity index (χ3n) is 1.87. The highest BCUT2D eigenvalue weighted by atomic mass is 16.6. The molecule has 4 nitrogen and oxygen atoms in total. The molecule has 0 aliphatic heterocycles. The Kier molecular flexibility index (Phi) is 8.25. The number of hydrogen-bond donors (Lipinski definition) is 2. The number of hydrogen-bond acceptors (Lipinski definition) is 3. The number of ether oxygens (including phenoxy) is 1. The lowest BCUT2D eigenvalue weighted by Gasteiger charge is -2.19. The SMILES string of the molecule is C#CCCCNCCCNC(=O)OC(C)(C)C. The molecule has 0 radical (unpaired) electrons. The molecule has 17 heavy (non-hydrogen) atoms. The van der Waals surface area contributed by atoms with Gasteiger partial charge in [-0.25, -0.2) is 4.79 Å². The highest BCUT2D eigenvalue weighted by molar-refractivity contribution is 5.67. The van der Waals surface area contributed by atoms with Crippen LogP contribution in [0.4, 0.5) is 4.79 Å². The van der Waals surface area contributed by atoms with E-state index in [2.05, 4.69) is 16.6 Å². The molecule has 0 aliphatic rings. The molecule has 0 bridgehead atoms. The van der Waals surface area contributed by atoms with Gasteiger partial charge >= 0.3 is 6.09 Å². The minimum atomic E-state index is -0.433. The Labute approximate surface area is 104 Å². The first kappa shape index (κ1) is 15.8.